The molecule has 6 unspecified atom stereocenters. The van der Waals surface area contributed by atoms with Gasteiger partial charge in [0, 0.05) is 42.9 Å². The average Bonchev–Trinajstić information content (AvgIpc) is 4.00. The van der Waals surface area contributed by atoms with Crippen molar-refractivity contribution in [2.45, 2.75) is 37.3 Å². The third-order valence-electron chi connectivity index (χ3n) is 10.9. The van der Waals surface area contributed by atoms with E-state index in [0.29, 0.717) is 0 Å². The van der Waals surface area contributed by atoms with E-state index in [1.807, 2.05) is 0 Å². The van der Waals surface area contributed by atoms with Crippen LogP contribution in [0.25, 0.3) is 0 Å². The Morgan fingerprint density at radius 3 is 1.07 bits per heavy atom. The van der Waals surface area contributed by atoms with E-state index in [0.717, 1.165) is 51.2 Å². The largest absolute Gasteiger partial charge is 0.463 e. The van der Waals surface area contributed by atoms with Crippen molar-refractivity contribution in [3.05, 3.63) is 126 Å². The summed E-state index contributed by atoms with van der Waals surface area (Å²) in [6, 6.07) is 15.6. The molecule has 3 N–H and O–H groups in total. The topological polar surface area (TPSA) is 304 Å². The molecule has 356 valence electrons. The first-order valence-electron chi connectivity index (χ1n) is 20.9. The van der Waals surface area contributed by atoms with Crippen LogP contribution >= 0.6 is 0 Å². The number of imide groups is 3. The first-order valence-corrected chi connectivity index (χ1v) is 20.9. The minimum Gasteiger partial charge on any atom is -0.463 e. The number of nitrogens with zero attached hydrogens (tertiary/aromatic N) is 3. The van der Waals surface area contributed by atoms with E-state index in [4.69, 9.17) is 23.7 Å². The molecule has 0 saturated heterocycles. The molecule has 4 aliphatic rings. The molecular weight excluding hydrogens is 911 g/mol. The number of amides is 6. The van der Waals surface area contributed by atoms with Crippen LogP contribution < -0.4 is 14.7 Å². The lowest BCUT2D eigenvalue weighted by atomic mass is 9.76. The Morgan fingerprint density at radius 1 is 0.449 bits per heavy atom. The molecule has 7 rings (SSSR count). The van der Waals surface area contributed by atoms with Crippen molar-refractivity contribution in [3.8, 4) is 0 Å². The van der Waals surface area contributed by atoms with Crippen molar-refractivity contribution < 1.29 is 91.7 Å². The van der Waals surface area contributed by atoms with Gasteiger partial charge in [-0.15, -0.1) is 0 Å². The first-order chi connectivity index (χ1) is 33.0. The average molecular weight is 950 g/mol. The number of aliphatic hydroxyl groups is 3. The summed E-state index contributed by atoms with van der Waals surface area (Å²) in [6.45, 7) is -2.89. The fourth-order valence-corrected chi connectivity index (χ4v) is 7.38. The molecule has 6 amide bonds. The van der Waals surface area contributed by atoms with Crippen molar-refractivity contribution >= 4 is 82.4 Å². The SMILES string of the molecule is O=C(OCC(O)COC(=O)C1CC(O)C(OC(=O)c2ccc(N3C(=O)C=CC3=O)cc2)CC1C(=O)OCC(O)COC(=O)c1ccc(N2C(=O)C=CC2=O)cc1)c1ccc(N2C(=O)C=CC2=O)cc1. The van der Waals surface area contributed by atoms with Crippen LogP contribution in [0, 0.1) is 11.8 Å². The van der Waals surface area contributed by atoms with Crippen LogP contribution in [0.2, 0.25) is 0 Å². The number of esters is 5. The first kappa shape index (κ1) is 48.5. The number of ether oxygens (including phenoxy) is 5. The molecule has 22 heteroatoms. The summed E-state index contributed by atoms with van der Waals surface area (Å²) in [6.07, 6.45) is -0.719. The lowest BCUT2D eigenvalue weighted by Crippen LogP contribution is -2.48. The van der Waals surface area contributed by atoms with Gasteiger partial charge in [0.2, 0.25) is 0 Å². The molecule has 3 aromatic rings. The van der Waals surface area contributed by atoms with E-state index in [1.54, 1.807) is 0 Å². The number of carbonyl (C=O) groups is 11. The van der Waals surface area contributed by atoms with Gasteiger partial charge >= 0.3 is 29.8 Å². The van der Waals surface area contributed by atoms with Gasteiger partial charge < -0.3 is 39.0 Å². The van der Waals surface area contributed by atoms with Crippen LogP contribution in [-0.2, 0) is 62.0 Å². The van der Waals surface area contributed by atoms with Crippen molar-refractivity contribution in [2.75, 3.05) is 41.1 Å². The summed E-state index contributed by atoms with van der Waals surface area (Å²) in [5, 5.41) is 32.2. The van der Waals surface area contributed by atoms with E-state index in [-0.39, 0.29) is 33.8 Å². The van der Waals surface area contributed by atoms with Gasteiger partial charge in [-0.3, -0.25) is 38.4 Å². The van der Waals surface area contributed by atoms with Gasteiger partial charge in [-0.1, -0.05) is 0 Å². The minimum atomic E-state index is -1.60. The van der Waals surface area contributed by atoms with Crippen LogP contribution in [0.15, 0.2) is 109 Å². The summed E-state index contributed by atoms with van der Waals surface area (Å²) < 4.78 is 26.3. The van der Waals surface area contributed by atoms with Gasteiger partial charge in [-0.05, 0) is 79.2 Å². The van der Waals surface area contributed by atoms with E-state index < -0.39 is 141 Å². The second-order valence-corrected chi connectivity index (χ2v) is 15.6. The molecule has 3 aliphatic heterocycles. The van der Waals surface area contributed by atoms with Gasteiger partial charge in [0.15, 0.2) is 0 Å². The summed E-state index contributed by atoms with van der Waals surface area (Å²) in [7, 11) is 0. The molecule has 0 aromatic heterocycles. The number of aliphatic hydroxyl groups excluding tert-OH is 3. The van der Waals surface area contributed by atoms with Crippen molar-refractivity contribution in [2.24, 2.45) is 11.8 Å². The summed E-state index contributed by atoms with van der Waals surface area (Å²) in [5.74, 6) is -11.5. The number of hydrogen-bond acceptors (Lipinski definition) is 19. The Kier molecular flexibility index (Phi) is 14.8. The number of anilines is 3. The number of carbonyl (C=O) groups excluding carboxylic acids is 11. The normalized spacial score (nSPS) is 20.6. The van der Waals surface area contributed by atoms with Gasteiger partial charge in [0.05, 0.1) is 51.7 Å². The Bertz CT molecular complexity index is 2640. The van der Waals surface area contributed by atoms with Gasteiger partial charge in [0.25, 0.3) is 35.4 Å². The molecule has 3 heterocycles. The minimum absolute atomic E-state index is 0.00396. The maximum absolute atomic E-state index is 13.6. The standard InChI is InChI=1S/C47H39N3O19/c51-31(21-65-43(60)25-1-7-28(8-2-25)48-37(54)13-14-38(48)55)23-67-46(63)33-19-35(53)36(69-45(62)27-5-11-30(12-6-27)50-41(58)17-18-42(50)59)20-34(33)47(64)68-24-32(52)22-66-44(61)26-3-9-29(10-4-26)49-39(56)15-16-40(49)57/h1-18,31-36,51-53H,19-24H2. The lowest BCUT2D eigenvalue weighted by molar-refractivity contribution is -0.173. The molecule has 1 aliphatic carbocycles. The van der Waals surface area contributed by atoms with E-state index in [1.165, 1.54) is 72.8 Å². The quantitative estimate of drug-likeness (QED) is 0.0937. The maximum atomic E-state index is 13.6. The zero-order chi connectivity index (χ0) is 49.5. The third-order valence-corrected chi connectivity index (χ3v) is 10.9. The van der Waals surface area contributed by atoms with Gasteiger partial charge in [-0.2, -0.15) is 0 Å². The Morgan fingerprint density at radius 2 is 0.739 bits per heavy atom. The zero-order valence-corrected chi connectivity index (χ0v) is 35.8. The molecule has 0 spiro atoms. The number of hydrogen-bond donors (Lipinski definition) is 3. The Labute approximate surface area is 389 Å². The van der Waals surface area contributed by atoms with Gasteiger partial charge in [-0.25, -0.2) is 29.1 Å². The molecule has 0 bridgehead atoms. The van der Waals surface area contributed by atoms with Crippen LogP contribution in [0.4, 0.5) is 17.1 Å². The molecule has 6 atom stereocenters. The predicted octanol–water partition coefficient (Wildman–Crippen LogP) is 0.410. The Balaban J connectivity index is 0.947. The van der Waals surface area contributed by atoms with Crippen molar-refractivity contribution in [1.82, 2.24) is 0 Å². The lowest BCUT2D eigenvalue weighted by Gasteiger charge is -2.36. The number of rotatable bonds is 17. The molecule has 22 nitrogen and oxygen atoms in total. The van der Waals surface area contributed by atoms with E-state index >= 15 is 0 Å². The van der Waals surface area contributed by atoms with Crippen LogP contribution in [0.3, 0.4) is 0 Å². The van der Waals surface area contributed by atoms with E-state index in [2.05, 4.69) is 0 Å². The summed E-state index contributed by atoms with van der Waals surface area (Å²) >= 11 is 0. The summed E-state index contributed by atoms with van der Waals surface area (Å²) in [4.78, 5) is 140. The smallest absolute Gasteiger partial charge is 0.338 e. The second kappa shape index (κ2) is 21.0. The van der Waals surface area contributed by atoms with Crippen molar-refractivity contribution in [3.63, 3.8) is 0 Å². The highest BCUT2D eigenvalue weighted by Gasteiger charge is 2.47. The number of benzene rings is 3. The van der Waals surface area contributed by atoms with Crippen LogP contribution in [-0.4, -0.2) is 131 Å². The maximum Gasteiger partial charge on any atom is 0.338 e. The fourth-order valence-electron chi connectivity index (χ4n) is 7.38. The van der Waals surface area contributed by atoms with E-state index in [9.17, 15) is 68.1 Å². The molecule has 0 radical (unpaired) electrons. The summed E-state index contributed by atoms with van der Waals surface area (Å²) in [5.41, 5.74) is 0.480. The van der Waals surface area contributed by atoms with Crippen LogP contribution in [0.5, 0.6) is 0 Å². The molecule has 69 heavy (non-hydrogen) atoms. The highest BCUT2D eigenvalue weighted by atomic mass is 16.6. The molecule has 3 aromatic carbocycles. The third kappa shape index (κ3) is 11.2. The molecular formula is C47H39N3O19. The molecule has 1 fully saturated rings. The van der Waals surface area contributed by atoms with Gasteiger partial charge in [0.1, 0.15) is 44.7 Å². The fraction of sp³-hybridized carbons (Fsp3) is 0.255. The predicted molar refractivity (Wildman–Crippen MR) is 230 cm³/mol. The van der Waals surface area contributed by atoms with Crippen molar-refractivity contribution in [1.29, 1.82) is 0 Å². The second-order valence-electron chi connectivity index (χ2n) is 15.6. The molecule has 1 saturated carbocycles. The Hall–Kier alpha value is -8.47. The highest BCUT2D eigenvalue weighted by molar-refractivity contribution is 6.29. The monoisotopic (exact) mass is 949 g/mol. The highest BCUT2D eigenvalue weighted by Crippen LogP contribution is 2.35. The zero-order valence-electron chi connectivity index (χ0n) is 35.8. The van der Waals surface area contributed by atoms with Crippen LogP contribution in [0.1, 0.15) is 43.9 Å².